The molecule has 0 atom stereocenters. The highest BCUT2D eigenvalue weighted by molar-refractivity contribution is 6.31. The number of benzene rings is 2. The average molecular weight is 323 g/mol. The van der Waals surface area contributed by atoms with E-state index in [1.807, 2.05) is 29.0 Å². The molecule has 0 bridgehead atoms. The van der Waals surface area contributed by atoms with Gasteiger partial charge in [0.25, 0.3) is 0 Å². The molecule has 3 aromatic rings. The van der Waals surface area contributed by atoms with Gasteiger partial charge in [-0.2, -0.15) is 0 Å². The summed E-state index contributed by atoms with van der Waals surface area (Å²) in [4.78, 5) is 0. The van der Waals surface area contributed by atoms with Crippen LogP contribution in [0.5, 0.6) is 0 Å². The third-order valence-corrected chi connectivity index (χ3v) is 4.13. The van der Waals surface area contributed by atoms with Crippen molar-refractivity contribution in [2.45, 2.75) is 13.1 Å². The van der Waals surface area contributed by atoms with Gasteiger partial charge >= 0.3 is 0 Å². The Morgan fingerprint density at radius 1 is 1.14 bits per heavy atom. The quantitative estimate of drug-likeness (QED) is 0.751. The molecule has 2 N–H and O–H groups in total. The Balaban J connectivity index is 2.14. The second-order valence-electron chi connectivity index (χ2n) is 4.85. The Kier molecular flexibility index (Phi) is 3.89. The maximum atomic E-state index is 14.0. The van der Waals surface area contributed by atoms with Crippen LogP contribution in [0.25, 0.3) is 10.9 Å². The van der Waals surface area contributed by atoms with Gasteiger partial charge < -0.3 is 10.3 Å². The van der Waals surface area contributed by atoms with Crippen LogP contribution in [0.3, 0.4) is 0 Å². The van der Waals surface area contributed by atoms with Gasteiger partial charge in [0.2, 0.25) is 0 Å². The largest absolute Gasteiger partial charge is 0.343 e. The molecule has 0 amide bonds. The SMILES string of the molecule is NCc1cn(Cc2c(F)cccc2Cl)c2cc(Cl)ccc12. The second-order valence-corrected chi connectivity index (χ2v) is 5.69. The van der Waals surface area contributed by atoms with Crippen LogP contribution in [-0.2, 0) is 13.1 Å². The van der Waals surface area contributed by atoms with Crippen molar-refractivity contribution < 1.29 is 4.39 Å². The zero-order valence-corrected chi connectivity index (χ0v) is 12.6. The Bertz CT molecular complexity index is 791. The topological polar surface area (TPSA) is 30.9 Å². The summed E-state index contributed by atoms with van der Waals surface area (Å²) >= 11 is 12.2. The standard InChI is InChI=1S/C16H13Cl2FN2/c17-11-4-5-12-10(7-20)8-21(16(12)6-11)9-13-14(18)2-1-3-15(13)19/h1-6,8H,7,9,20H2. The molecule has 21 heavy (non-hydrogen) atoms. The van der Waals surface area contributed by atoms with E-state index in [9.17, 15) is 4.39 Å². The Morgan fingerprint density at radius 3 is 2.67 bits per heavy atom. The van der Waals surface area contributed by atoms with Gasteiger partial charge in [-0.05, 0) is 29.8 Å². The summed E-state index contributed by atoms with van der Waals surface area (Å²) in [6, 6.07) is 10.3. The van der Waals surface area contributed by atoms with E-state index in [4.69, 9.17) is 28.9 Å². The van der Waals surface area contributed by atoms with E-state index in [1.165, 1.54) is 6.07 Å². The molecule has 1 aromatic heterocycles. The van der Waals surface area contributed by atoms with E-state index in [0.29, 0.717) is 28.7 Å². The van der Waals surface area contributed by atoms with Crippen LogP contribution in [0, 0.1) is 5.82 Å². The lowest BCUT2D eigenvalue weighted by Crippen LogP contribution is -2.02. The normalized spacial score (nSPS) is 11.2. The Labute approximate surface area is 131 Å². The first-order valence-corrected chi connectivity index (χ1v) is 7.26. The minimum atomic E-state index is -0.319. The molecule has 0 aliphatic heterocycles. The number of nitrogens with two attached hydrogens (primary N) is 1. The average Bonchev–Trinajstić information content (AvgIpc) is 2.80. The summed E-state index contributed by atoms with van der Waals surface area (Å²) in [5.74, 6) is -0.319. The van der Waals surface area contributed by atoms with E-state index in [-0.39, 0.29) is 5.82 Å². The van der Waals surface area contributed by atoms with Gasteiger partial charge in [-0.1, -0.05) is 35.3 Å². The van der Waals surface area contributed by atoms with Crippen LogP contribution in [0.15, 0.2) is 42.6 Å². The first kappa shape index (κ1) is 14.4. The molecular weight excluding hydrogens is 310 g/mol. The predicted molar refractivity (Wildman–Crippen MR) is 85.4 cm³/mol. The number of hydrogen-bond donors (Lipinski definition) is 1. The number of hydrogen-bond acceptors (Lipinski definition) is 1. The van der Waals surface area contributed by atoms with E-state index in [0.717, 1.165) is 16.5 Å². The molecule has 0 spiro atoms. The zero-order chi connectivity index (χ0) is 15.0. The van der Waals surface area contributed by atoms with Crippen molar-refractivity contribution in [2.24, 2.45) is 5.73 Å². The minimum absolute atomic E-state index is 0.319. The Hall–Kier alpha value is -1.55. The monoisotopic (exact) mass is 322 g/mol. The predicted octanol–water partition coefficient (Wildman–Crippen LogP) is 4.59. The number of rotatable bonds is 3. The van der Waals surface area contributed by atoms with E-state index < -0.39 is 0 Å². The lowest BCUT2D eigenvalue weighted by Gasteiger charge is -2.09. The first-order chi connectivity index (χ1) is 10.1. The lowest BCUT2D eigenvalue weighted by atomic mass is 10.2. The molecule has 0 aliphatic carbocycles. The highest BCUT2D eigenvalue weighted by Gasteiger charge is 2.12. The number of halogens is 3. The highest BCUT2D eigenvalue weighted by Crippen LogP contribution is 2.27. The van der Waals surface area contributed by atoms with E-state index in [2.05, 4.69) is 0 Å². The van der Waals surface area contributed by atoms with Gasteiger partial charge in [-0.25, -0.2) is 4.39 Å². The third kappa shape index (κ3) is 2.64. The van der Waals surface area contributed by atoms with Crippen LogP contribution in [0.4, 0.5) is 4.39 Å². The van der Waals surface area contributed by atoms with Gasteiger partial charge in [-0.15, -0.1) is 0 Å². The fraction of sp³-hybridized carbons (Fsp3) is 0.125. The van der Waals surface area contributed by atoms with Crippen molar-refractivity contribution in [2.75, 3.05) is 0 Å². The Morgan fingerprint density at radius 2 is 1.95 bits per heavy atom. The number of aromatic nitrogens is 1. The zero-order valence-electron chi connectivity index (χ0n) is 11.1. The van der Waals surface area contributed by atoms with Crippen molar-refractivity contribution in [3.63, 3.8) is 0 Å². The van der Waals surface area contributed by atoms with Crippen molar-refractivity contribution >= 4 is 34.1 Å². The van der Waals surface area contributed by atoms with Crippen LogP contribution < -0.4 is 5.73 Å². The second kappa shape index (κ2) is 5.68. The van der Waals surface area contributed by atoms with Crippen LogP contribution in [0.1, 0.15) is 11.1 Å². The molecule has 0 saturated heterocycles. The maximum Gasteiger partial charge on any atom is 0.129 e. The summed E-state index contributed by atoms with van der Waals surface area (Å²) < 4.78 is 15.9. The van der Waals surface area contributed by atoms with Crippen LogP contribution in [0.2, 0.25) is 10.0 Å². The molecule has 0 unspecified atom stereocenters. The van der Waals surface area contributed by atoms with Gasteiger partial charge in [0, 0.05) is 33.7 Å². The van der Waals surface area contributed by atoms with Crippen LogP contribution in [-0.4, -0.2) is 4.57 Å². The van der Waals surface area contributed by atoms with Crippen molar-refractivity contribution in [3.8, 4) is 0 Å². The summed E-state index contributed by atoms with van der Waals surface area (Å²) in [7, 11) is 0. The molecule has 1 heterocycles. The molecular formula is C16H13Cl2FN2. The molecule has 0 aliphatic rings. The summed E-state index contributed by atoms with van der Waals surface area (Å²) in [6.45, 7) is 0.748. The molecule has 0 fully saturated rings. The molecule has 5 heteroatoms. The summed E-state index contributed by atoms with van der Waals surface area (Å²) in [5, 5.41) is 2.06. The van der Waals surface area contributed by atoms with Crippen molar-refractivity contribution in [3.05, 3.63) is 69.6 Å². The van der Waals surface area contributed by atoms with E-state index >= 15 is 0 Å². The maximum absolute atomic E-state index is 14.0. The molecule has 0 radical (unpaired) electrons. The minimum Gasteiger partial charge on any atom is -0.343 e. The number of nitrogens with zero attached hydrogens (tertiary/aromatic N) is 1. The lowest BCUT2D eigenvalue weighted by molar-refractivity contribution is 0.602. The fourth-order valence-electron chi connectivity index (χ4n) is 2.49. The highest BCUT2D eigenvalue weighted by atomic mass is 35.5. The van der Waals surface area contributed by atoms with Gasteiger partial charge in [0.05, 0.1) is 12.1 Å². The molecule has 2 aromatic carbocycles. The van der Waals surface area contributed by atoms with Crippen molar-refractivity contribution in [1.82, 2.24) is 4.57 Å². The molecule has 108 valence electrons. The number of fused-ring (bicyclic) bond motifs is 1. The van der Waals surface area contributed by atoms with Crippen molar-refractivity contribution in [1.29, 1.82) is 0 Å². The van der Waals surface area contributed by atoms with Gasteiger partial charge in [-0.3, -0.25) is 0 Å². The third-order valence-electron chi connectivity index (χ3n) is 3.54. The molecule has 3 rings (SSSR count). The van der Waals surface area contributed by atoms with Gasteiger partial charge in [0.15, 0.2) is 0 Å². The van der Waals surface area contributed by atoms with E-state index in [1.54, 1.807) is 12.1 Å². The summed E-state index contributed by atoms with van der Waals surface area (Å²) in [6.07, 6.45) is 1.92. The first-order valence-electron chi connectivity index (χ1n) is 6.50. The fourth-order valence-corrected chi connectivity index (χ4v) is 2.88. The molecule has 2 nitrogen and oxygen atoms in total. The molecule has 0 saturated carbocycles. The summed E-state index contributed by atoms with van der Waals surface area (Å²) in [5.41, 5.74) is 8.15. The smallest absolute Gasteiger partial charge is 0.129 e. The van der Waals surface area contributed by atoms with Gasteiger partial charge in [0.1, 0.15) is 5.82 Å². The van der Waals surface area contributed by atoms with Crippen LogP contribution >= 0.6 is 23.2 Å².